The molecule has 10 unspecified atom stereocenters. The second kappa shape index (κ2) is 33.2. The van der Waals surface area contributed by atoms with Crippen molar-refractivity contribution in [1.82, 2.24) is 47.0 Å². The fourth-order valence-corrected chi connectivity index (χ4v) is 9.17. The van der Waals surface area contributed by atoms with E-state index in [2.05, 4.69) is 52.2 Å². The molecule has 9 amide bonds. The highest BCUT2D eigenvalue weighted by Gasteiger charge is 2.44. The summed E-state index contributed by atoms with van der Waals surface area (Å²) >= 11 is 0. The van der Waals surface area contributed by atoms with E-state index in [4.69, 9.17) is 40.1 Å². The van der Waals surface area contributed by atoms with Gasteiger partial charge in [0.15, 0.2) is 17.9 Å². The Morgan fingerprint density at radius 2 is 0.987 bits per heavy atom. The summed E-state index contributed by atoms with van der Waals surface area (Å²) in [5.41, 5.74) is 38.7. The molecule has 0 aliphatic carbocycles. The smallest absolute Gasteiger partial charge is 0.246 e. The van der Waals surface area contributed by atoms with E-state index >= 15 is 0 Å². The Kier molecular flexibility index (Phi) is 28.5. The Morgan fingerprint density at radius 3 is 1.45 bits per heavy atom. The van der Waals surface area contributed by atoms with Gasteiger partial charge in [-0.3, -0.25) is 58.1 Å². The van der Waals surface area contributed by atoms with Crippen molar-refractivity contribution in [2.45, 2.75) is 180 Å². The Hall–Kier alpha value is -7.00. The van der Waals surface area contributed by atoms with Crippen LogP contribution in [-0.2, 0) is 43.2 Å². The van der Waals surface area contributed by atoms with Gasteiger partial charge in [0, 0.05) is 32.7 Å². The second-order valence-electron chi connectivity index (χ2n) is 20.6. The molecule has 2 saturated heterocycles. The topological polar surface area (TPSA) is 464 Å². The van der Waals surface area contributed by atoms with Crippen molar-refractivity contribution in [3.8, 4) is 0 Å². The van der Waals surface area contributed by atoms with Crippen LogP contribution in [0.5, 0.6) is 0 Å². The first-order valence-electron chi connectivity index (χ1n) is 26.8. The quantitative estimate of drug-likeness (QED) is 0.0169. The minimum Gasteiger partial charge on any atom is -0.370 e. The number of likely N-dealkylation sites (N-methyl/N-ethyl adjacent to an activating group) is 1. The largest absolute Gasteiger partial charge is 0.370 e. The molecular weight excluding hydrogens is 999 g/mol. The van der Waals surface area contributed by atoms with Crippen LogP contribution in [0.1, 0.15) is 126 Å². The van der Waals surface area contributed by atoms with Gasteiger partial charge in [0.05, 0.1) is 6.04 Å². The third-order valence-corrected chi connectivity index (χ3v) is 13.5. The van der Waals surface area contributed by atoms with E-state index < -0.39 is 113 Å². The number of likely N-dealkylation sites (tertiary alicyclic amines) is 2. The molecule has 2 aliphatic rings. The van der Waals surface area contributed by atoms with Gasteiger partial charge in [-0.05, 0) is 102 Å². The monoisotopic (exact) mass is 1090 g/mol. The average Bonchev–Trinajstić information content (AvgIpc) is 4.06. The zero-order valence-corrected chi connectivity index (χ0v) is 46.4. The van der Waals surface area contributed by atoms with Gasteiger partial charge in [0.1, 0.15) is 48.3 Å². The van der Waals surface area contributed by atoms with Crippen LogP contribution in [0.4, 0.5) is 0 Å². The Bertz CT molecular complexity index is 2090. The van der Waals surface area contributed by atoms with E-state index in [1.165, 1.54) is 16.7 Å². The van der Waals surface area contributed by atoms with Crippen LogP contribution >= 0.6 is 0 Å². The number of rotatable bonds is 33. The summed E-state index contributed by atoms with van der Waals surface area (Å²) in [5.74, 6) is -6.71. The highest BCUT2D eigenvalue weighted by molar-refractivity contribution is 5.98. The average molecular weight is 1090 g/mol. The summed E-state index contributed by atoms with van der Waals surface area (Å²) in [6, 6.07) is -9.51. The molecule has 77 heavy (non-hydrogen) atoms. The van der Waals surface area contributed by atoms with Crippen molar-refractivity contribution in [3.05, 3.63) is 0 Å². The van der Waals surface area contributed by atoms with Gasteiger partial charge in [-0.15, -0.1) is 0 Å². The zero-order chi connectivity index (χ0) is 58.1. The molecule has 0 aromatic heterocycles. The van der Waals surface area contributed by atoms with Crippen molar-refractivity contribution in [2.24, 2.45) is 72.9 Å². The predicted octanol–water partition coefficient (Wildman–Crippen LogP) is -4.12. The summed E-state index contributed by atoms with van der Waals surface area (Å²) < 4.78 is 0. The first kappa shape index (κ1) is 66.1. The van der Waals surface area contributed by atoms with Crippen molar-refractivity contribution < 1.29 is 43.2 Å². The van der Waals surface area contributed by atoms with Crippen LogP contribution in [0.25, 0.3) is 0 Å². The van der Waals surface area contributed by atoms with E-state index in [9.17, 15) is 43.2 Å². The predicted molar refractivity (Wildman–Crippen MR) is 292 cm³/mol. The number of nitrogens with one attached hydrogen (secondary N) is 7. The Morgan fingerprint density at radius 1 is 0.532 bits per heavy atom. The second-order valence-corrected chi connectivity index (χ2v) is 20.6. The normalized spacial score (nSPS) is 18.3. The lowest BCUT2D eigenvalue weighted by Crippen LogP contribution is -2.60. The van der Waals surface area contributed by atoms with Gasteiger partial charge in [-0.2, -0.15) is 0 Å². The molecule has 0 saturated carbocycles. The number of guanidine groups is 3. The van der Waals surface area contributed by atoms with E-state index in [1.807, 2.05) is 27.7 Å². The van der Waals surface area contributed by atoms with Gasteiger partial charge >= 0.3 is 0 Å². The van der Waals surface area contributed by atoms with Crippen LogP contribution in [0.3, 0.4) is 0 Å². The number of primary amides is 1. The van der Waals surface area contributed by atoms with Crippen LogP contribution in [0.2, 0.25) is 0 Å². The minimum absolute atomic E-state index is 0.00606. The standard InChI is InChI=1S/C49H91N19O9/c1-9-28(6)37(57-8)44(75)63-30(15-10-20-58-47(51)52)40(71)62-31(16-11-21-59-48(53)54)41(72)66-36(27(4)5)43(74)61-29(7)39(70)64-32(17-12-22-60-49(55)56)45(76)68-24-14-19-35(68)46(77)67-23-13-18-34(67)42(73)65-33(38(50)69)25-26(2)3/h26-37,57H,9-25H2,1-8H3,(H2,50,69)(H,61,74)(H,62,71)(H,63,75)(H,64,70)(H,65,73)(H,66,72)(H4,51,52,58)(H4,53,54,59)(H4,55,56,60). The number of nitrogens with two attached hydrogens (primary N) is 7. The van der Waals surface area contributed by atoms with Gasteiger partial charge in [-0.1, -0.05) is 48.0 Å². The van der Waals surface area contributed by atoms with Crippen molar-refractivity contribution in [2.75, 3.05) is 39.8 Å². The minimum atomic E-state index is -1.27. The Balaban J connectivity index is 2.35. The fourth-order valence-electron chi connectivity index (χ4n) is 9.17. The summed E-state index contributed by atoms with van der Waals surface area (Å²) in [6.45, 7) is 13.1. The molecule has 0 aromatic carbocycles. The van der Waals surface area contributed by atoms with Gasteiger partial charge < -0.3 is 87.2 Å². The molecule has 2 rings (SSSR count). The number of hydrogen-bond acceptors (Lipinski definition) is 13. The van der Waals surface area contributed by atoms with Gasteiger partial charge in [-0.25, -0.2) is 0 Å². The third-order valence-electron chi connectivity index (χ3n) is 13.5. The first-order valence-corrected chi connectivity index (χ1v) is 26.8. The molecule has 2 heterocycles. The molecule has 2 aliphatic heterocycles. The molecule has 436 valence electrons. The lowest BCUT2D eigenvalue weighted by Gasteiger charge is -2.33. The number of aliphatic imine (C=N–C) groups is 3. The first-order chi connectivity index (χ1) is 36.2. The molecule has 10 atom stereocenters. The lowest BCUT2D eigenvalue weighted by atomic mass is 9.97. The van der Waals surface area contributed by atoms with E-state index in [0.717, 1.165) is 0 Å². The lowest BCUT2D eigenvalue weighted by molar-refractivity contribution is -0.148. The van der Waals surface area contributed by atoms with E-state index in [0.29, 0.717) is 44.9 Å². The maximum absolute atomic E-state index is 14.5. The maximum atomic E-state index is 14.5. The summed E-state index contributed by atoms with van der Waals surface area (Å²) in [7, 11) is 1.64. The number of nitrogens with zero attached hydrogens (tertiary/aromatic N) is 5. The fraction of sp³-hybridized carbons (Fsp3) is 0.755. The number of amides is 9. The molecule has 28 nitrogen and oxygen atoms in total. The van der Waals surface area contributed by atoms with Crippen LogP contribution < -0.4 is 77.4 Å². The highest BCUT2D eigenvalue weighted by Crippen LogP contribution is 2.26. The Labute approximate surface area is 452 Å². The van der Waals surface area contributed by atoms with Crippen LogP contribution in [0.15, 0.2) is 15.0 Å². The van der Waals surface area contributed by atoms with Crippen molar-refractivity contribution in [3.63, 3.8) is 0 Å². The number of hydrogen-bond donors (Lipinski definition) is 14. The van der Waals surface area contributed by atoms with Crippen LogP contribution in [-0.4, -0.2) is 175 Å². The van der Waals surface area contributed by atoms with E-state index in [1.54, 1.807) is 20.9 Å². The molecule has 21 N–H and O–H groups in total. The van der Waals surface area contributed by atoms with Gasteiger partial charge in [0.25, 0.3) is 0 Å². The maximum Gasteiger partial charge on any atom is 0.246 e. The van der Waals surface area contributed by atoms with E-state index in [-0.39, 0.29) is 94.5 Å². The molecule has 0 aromatic rings. The molecule has 2 fully saturated rings. The van der Waals surface area contributed by atoms with Crippen molar-refractivity contribution in [1.29, 1.82) is 0 Å². The van der Waals surface area contributed by atoms with Crippen LogP contribution in [0, 0.1) is 17.8 Å². The zero-order valence-electron chi connectivity index (χ0n) is 46.4. The van der Waals surface area contributed by atoms with Crippen molar-refractivity contribution >= 4 is 71.0 Å². The summed E-state index contributed by atoms with van der Waals surface area (Å²) in [4.78, 5) is 139. The molecule has 0 radical (unpaired) electrons. The van der Waals surface area contributed by atoms with Gasteiger partial charge in [0.2, 0.25) is 53.2 Å². The summed E-state index contributed by atoms with van der Waals surface area (Å²) in [5, 5.41) is 19.3. The highest BCUT2D eigenvalue weighted by atomic mass is 16.2. The molecule has 28 heteroatoms. The molecule has 0 spiro atoms. The number of carbonyl (C=O) groups excluding carboxylic acids is 9. The molecule has 0 bridgehead atoms. The SMILES string of the molecule is CCC(C)C(NC)C(=O)NC(CCCN=C(N)N)C(=O)NC(CCCN=C(N)N)C(=O)NC(C(=O)NC(C)C(=O)NC(CCCN=C(N)N)C(=O)N1CCCC1C(=O)N1CCCC1C(=O)NC(CC(C)C)C(N)=O)C(C)C. The molecular formula is C49H91N19O9. The number of carbonyl (C=O) groups is 9. The third kappa shape index (κ3) is 22.2. The summed E-state index contributed by atoms with van der Waals surface area (Å²) in [6.07, 6.45) is 3.49.